The number of rotatable bonds is 3. The van der Waals surface area contributed by atoms with E-state index >= 15 is 0 Å². The molecule has 1 aromatic carbocycles. The van der Waals surface area contributed by atoms with Crippen LogP contribution < -0.4 is 4.74 Å². The Labute approximate surface area is 110 Å². The molecule has 2 aromatic rings. The van der Waals surface area contributed by atoms with Crippen LogP contribution in [0.5, 0.6) is 5.75 Å². The van der Waals surface area contributed by atoms with Crippen molar-refractivity contribution in [2.24, 2.45) is 0 Å². The van der Waals surface area contributed by atoms with Gasteiger partial charge in [-0.3, -0.25) is 0 Å². The molecule has 2 nitrogen and oxygen atoms in total. The first-order valence-electron chi connectivity index (χ1n) is 5.46. The van der Waals surface area contributed by atoms with Crippen LogP contribution in [-0.2, 0) is 0 Å². The maximum absolute atomic E-state index is 5.34. The van der Waals surface area contributed by atoms with E-state index in [1.165, 1.54) is 16.7 Å². The molecule has 0 saturated carbocycles. The molecule has 0 saturated heterocycles. The summed E-state index contributed by atoms with van der Waals surface area (Å²) in [4.78, 5) is 0.159. The van der Waals surface area contributed by atoms with Crippen LogP contribution in [0.2, 0.25) is 0 Å². The van der Waals surface area contributed by atoms with E-state index in [-0.39, 0.29) is 4.83 Å². The lowest BCUT2D eigenvalue weighted by atomic mass is 10.0. The first kappa shape index (κ1) is 12.2. The predicted molar refractivity (Wildman–Crippen MR) is 71.9 cm³/mol. The Morgan fingerprint density at radius 2 is 1.94 bits per heavy atom. The van der Waals surface area contributed by atoms with E-state index < -0.39 is 0 Å². The second kappa shape index (κ2) is 4.96. The summed E-state index contributed by atoms with van der Waals surface area (Å²) in [5, 5.41) is 0. The highest BCUT2D eigenvalue weighted by Gasteiger charge is 2.16. The van der Waals surface area contributed by atoms with Crippen molar-refractivity contribution in [3.63, 3.8) is 0 Å². The van der Waals surface area contributed by atoms with Gasteiger partial charge < -0.3 is 9.15 Å². The Bertz CT molecular complexity index is 517. The van der Waals surface area contributed by atoms with Gasteiger partial charge in [-0.15, -0.1) is 0 Å². The van der Waals surface area contributed by atoms with Crippen molar-refractivity contribution in [3.05, 3.63) is 53.0 Å². The summed E-state index contributed by atoms with van der Waals surface area (Å²) in [6, 6.07) is 8.10. The third-order valence-electron chi connectivity index (χ3n) is 2.92. The second-order valence-electron chi connectivity index (χ2n) is 4.02. The Kier molecular flexibility index (Phi) is 3.57. The molecule has 0 fully saturated rings. The van der Waals surface area contributed by atoms with Crippen molar-refractivity contribution in [3.8, 4) is 5.75 Å². The van der Waals surface area contributed by atoms with Crippen LogP contribution in [0.3, 0.4) is 0 Å². The van der Waals surface area contributed by atoms with Crippen LogP contribution in [0.4, 0.5) is 0 Å². The van der Waals surface area contributed by atoms with Gasteiger partial charge in [0, 0.05) is 5.56 Å². The zero-order chi connectivity index (χ0) is 12.4. The number of halogens is 1. The van der Waals surface area contributed by atoms with E-state index in [1.54, 1.807) is 13.4 Å². The predicted octanol–water partition coefficient (Wildman–Crippen LogP) is 4.39. The first-order valence-corrected chi connectivity index (χ1v) is 6.37. The number of aryl methyl sites for hydroxylation is 2. The Hall–Kier alpha value is -1.22. The van der Waals surface area contributed by atoms with Gasteiger partial charge in [0.15, 0.2) is 0 Å². The molecule has 0 aliphatic heterocycles. The average Bonchev–Trinajstić information content (AvgIpc) is 2.74. The van der Waals surface area contributed by atoms with Gasteiger partial charge in [-0.1, -0.05) is 22.0 Å². The quantitative estimate of drug-likeness (QED) is 0.784. The molecular formula is C14H15BrO2. The van der Waals surface area contributed by atoms with Crippen molar-refractivity contribution < 1.29 is 9.15 Å². The van der Waals surface area contributed by atoms with Crippen LogP contribution >= 0.6 is 15.9 Å². The topological polar surface area (TPSA) is 22.4 Å². The summed E-state index contributed by atoms with van der Waals surface area (Å²) in [5.74, 6) is 1.83. The zero-order valence-corrected chi connectivity index (χ0v) is 11.7. The van der Waals surface area contributed by atoms with E-state index in [9.17, 15) is 0 Å². The molecule has 90 valence electrons. The van der Waals surface area contributed by atoms with Gasteiger partial charge >= 0.3 is 0 Å². The number of ether oxygens (including phenoxy) is 1. The van der Waals surface area contributed by atoms with E-state index in [4.69, 9.17) is 9.15 Å². The maximum atomic E-state index is 5.34. The van der Waals surface area contributed by atoms with Crippen LogP contribution in [0, 0.1) is 13.8 Å². The SMILES string of the molecule is COc1ccc(C(Br)c2ccoc2C)c(C)c1. The van der Waals surface area contributed by atoms with Crippen molar-refractivity contribution in [1.29, 1.82) is 0 Å². The first-order chi connectivity index (χ1) is 8.13. The summed E-state index contributed by atoms with van der Waals surface area (Å²) in [6.07, 6.45) is 1.72. The van der Waals surface area contributed by atoms with Crippen molar-refractivity contribution >= 4 is 15.9 Å². The molecule has 0 spiro atoms. The summed E-state index contributed by atoms with van der Waals surface area (Å²) < 4.78 is 10.5. The molecular weight excluding hydrogens is 280 g/mol. The fourth-order valence-corrected chi connectivity index (χ4v) is 2.87. The van der Waals surface area contributed by atoms with Gasteiger partial charge in [0.05, 0.1) is 18.2 Å². The molecule has 0 aliphatic carbocycles. The van der Waals surface area contributed by atoms with E-state index in [0.29, 0.717) is 0 Å². The molecule has 1 heterocycles. The molecule has 0 radical (unpaired) electrons. The molecule has 0 bridgehead atoms. The minimum Gasteiger partial charge on any atom is -0.497 e. The van der Waals surface area contributed by atoms with Crippen molar-refractivity contribution in [2.45, 2.75) is 18.7 Å². The van der Waals surface area contributed by atoms with E-state index in [1.807, 2.05) is 25.1 Å². The summed E-state index contributed by atoms with van der Waals surface area (Å²) in [5.41, 5.74) is 3.60. The molecule has 2 rings (SSSR count). The summed E-state index contributed by atoms with van der Waals surface area (Å²) in [6.45, 7) is 4.06. The average molecular weight is 295 g/mol. The Morgan fingerprint density at radius 1 is 1.18 bits per heavy atom. The van der Waals surface area contributed by atoms with Gasteiger partial charge in [0.1, 0.15) is 11.5 Å². The van der Waals surface area contributed by atoms with Gasteiger partial charge in [-0.25, -0.2) is 0 Å². The van der Waals surface area contributed by atoms with Crippen molar-refractivity contribution in [1.82, 2.24) is 0 Å². The Balaban J connectivity index is 2.38. The maximum Gasteiger partial charge on any atom is 0.119 e. The number of benzene rings is 1. The second-order valence-corrected chi connectivity index (χ2v) is 4.93. The molecule has 17 heavy (non-hydrogen) atoms. The van der Waals surface area contributed by atoms with Gasteiger partial charge in [-0.2, -0.15) is 0 Å². The highest BCUT2D eigenvalue weighted by atomic mass is 79.9. The number of furan rings is 1. The zero-order valence-electron chi connectivity index (χ0n) is 10.2. The summed E-state index contributed by atoms with van der Waals surface area (Å²) in [7, 11) is 1.68. The molecule has 3 heteroatoms. The third kappa shape index (κ3) is 2.39. The minimum absolute atomic E-state index is 0.159. The molecule has 1 unspecified atom stereocenters. The minimum atomic E-state index is 0.159. The number of methoxy groups -OCH3 is 1. The lowest BCUT2D eigenvalue weighted by Crippen LogP contribution is -1.96. The lowest BCUT2D eigenvalue weighted by Gasteiger charge is -2.13. The lowest BCUT2D eigenvalue weighted by molar-refractivity contribution is 0.414. The molecule has 0 amide bonds. The van der Waals surface area contributed by atoms with Gasteiger partial charge in [-0.05, 0) is 43.2 Å². The monoisotopic (exact) mass is 294 g/mol. The van der Waals surface area contributed by atoms with Gasteiger partial charge in [0.2, 0.25) is 0 Å². The number of alkyl halides is 1. The fourth-order valence-electron chi connectivity index (χ4n) is 1.88. The standard InChI is InChI=1S/C14H15BrO2/c1-9-8-11(16-3)4-5-12(9)14(15)13-6-7-17-10(13)2/h4-8,14H,1-3H3. The number of hydrogen-bond acceptors (Lipinski definition) is 2. The Morgan fingerprint density at radius 3 is 2.47 bits per heavy atom. The van der Waals surface area contributed by atoms with Crippen LogP contribution in [-0.4, -0.2) is 7.11 Å². The van der Waals surface area contributed by atoms with Crippen LogP contribution in [0.15, 0.2) is 34.9 Å². The molecule has 0 aliphatic rings. The van der Waals surface area contributed by atoms with E-state index in [0.717, 1.165) is 11.5 Å². The summed E-state index contributed by atoms with van der Waals surface area (Å²) >= 11 is 3.72. The number of hydrogen-bond donors (Lipinski definition) is 0. The molecule has 1 aromatic heterocycles. The van der Waals surface area contributed by atoms with E-state index in [2.05, 4.69) is 28.9 Å². The third-order valence-corrected chi connectivity index (χ3v) is 3.91. The molecule has 0 N–H and O–H groups in total. The normalized spacial score (nSPS) is 12.5. The smallest absolute Gasteiger partial charge is 0.119 e. The van der Waals surface area contributed by atoms with Crippen LogP contribution in [0.1, 0.15) is 27.3 Å². The van der Waals surface area contributed by atoms with Gasteiger partial charge in [0.25, 0.3) is 0 Å². The highest BCUT2D eigenvalue weighted by molar-refractivity contribution is 9.09. The fraction of sp³-hybridized carbons (Fsp3) is 0.286. The van der Waals surface area contributed by atoms with Crippen LogP contribution in [0.25, 0.3) is 0 Å². The highest BCUT2D eigenvalue weighted by Crippen LogP contribution is 2.36. The largest absolute Gasteiger partial charge is 0.497 e. The molecule has 1 atom stereocenters. The van der Waals surface area contributed by atoms with Crippen molar-refractivity contribution in [2.75, 3.05) is 7.11 Å².